The minimum Gasteiger partial charge on any atom is -0.489 e. The lowest BCUT2D eigenvalue weighted by Crippen LogP contribution is -2.14. The van der Waals surface area contributed by atoms with Crippen molar-refractivity contribution in [1.29, 1.82) is 0 Å². The zero-order valence-corrected chi connectivity index (χ0v) is 16.9. The molecule has 0 spiro atoms. The van der Waals surface area contributed by atoms with E-state index in [0.717, 1.165) is 35.6 Å². The van der Waals surface area contributed by atoms with Gasteiger partial charge in [0.05, 0.1) is 24.7 Å². The van der Waals surface area contributed by atoms with Crippen LogP contribution in [0.25, 0.3) is 0 Å². The normalized spacial score (nSPS) is 13.0. The number of aromatic nitrogens is 2. The van der Waals surface area contributed by atoms with Gasteiger partial charge in [-0.05, 0) is 42.3 Å². The summed E-state index contributed by atoms with van der Waals surface area (Å²) in [5, 5.41) is 3.39. The molecule has 0 saturated heterocycles. The number of anilines is 1. The standard InChI is InChI=1S/C22H22ClN3O3/c1-15-24-7-8-26(15)14-16-3-5-18(6-4-16)25-21(27)13-17-11-19(23)22-20(12-17)28-9-2-10-29-22/h3-8,11-12H,2,9-10,13-14H2,1H3,(H,25,27). The number of ether oxygens (including phenoxy) is 2. The molecule has 1 aliphatic rings. The predicted molar refractivity (Wildman–Crippen MR) is 112 cm³/mol. The van der Waals surface area contributed by atoms with Crippen LogP contribution in [0.3, 0.4) is 0 Å². The minimum atomic E-state index is -0.117. The van der Waals surface area contributed by atoms with Gasteiger partial charge >= 0.3 is 0 Å². The van der Waals surface area contributed by atoms with Gasteiger partial charge in [0.1, 0.15) is 5.82 Å². The van der Waals surface area contributed by atoms with E-state index < -0.39 is 0 Å². The van der Waals surface area contributed by atoms with Crippen molar-refractivity contribution < 1.29 is 14.3 Å². The Morgan fingerprint density at radius 2 is 1.97 bits per heavy atom. The van der Waals surface area contributed by atoms with Crippen LogP contribution in [0, 0.1) is 6.92 Å². The van der Waals surface area contributed by atoms with Crippen LogP contribution >= 0.6 is 11.6 Å². The third-order valence-electron chi connectivity index (χ3n) is 4.74. The van der Waals surface area contributed by atoms with E-state index in [9.17, 15) is 4.79 Å². The van der Waals surface area contributed by atoms with Crippen molar-refractivity contribution in [3.63, 3.8) is 0 Å². The molecule has 1 aromatic heterocycles. The predicted octanol–water partition coefficient (Wildman–Crippen LogP) is 4.24. The molecule has 0 bridgehead atoms. The van der Waals surface area contributed by atoms with Gasteiger partial charge in [-0.3, -0.25) is 4.79 Å². The summed E-state index contributed by atoms with van der Waals surface area (Å²) in [6.45, 7) is 3.86. The number of carbonyl (C=O) groups is 1. The largest absolute Gasteiger partial charge is 0.489 e. The summed E-state index contributed by atoms with van der Waals surface area (Å²) in [5.41, 5.74) is 2.67. The van der Waals surface area contributed by atoms with Crippen LogP contribution in [-0.4, -0.2) is 28.7 Å². The molecule has 0 atom stereocenters. The molecule has 0 aliphatic carbocycles. The summed E-state index contributed by atoms with van der Waals surface area (Å²) in [5.74, 6) is 2.00. The molecule has 4 rings (SSSR count). The fraction of sp³-hybridized carbons (Fsp3) is 0.273. The Labute approximate surface area is 174 Å². The number of amides is 1. The number of halogens is 1. The molecule has 1 N–H and O–H groups in total. The Hall–Kier alpha value is -2.99. The third kappa shape index (κ3) is 4.71. The number of hydrogen-bond acceptors (Lipinski definition) is 4. The molecule has 2 aromatic carbocycles. The van der Waals surface area contributed by atoms with Gasteiger partial charge in [0.25, 0.3) is 0 Å². The monoisotopic (exact) mass is 411 g/mol. The maximum atomic E-state index is 12.5. The highest BCUT2D eigenvalue weighted by molar-refractivity contribution is 6.32. The van der Waals surface area contributed by atoms with Gasteiger partial charge < -0.3 is 19.4 Å². The van der Waals surface area contributed by atoms with Crippen molar-refractivity contribution >= 4 is 23.2 Å². The quantitative estimate of drug-likeness (QED) is 0.682. The molecule has 1 aliphatic heterocycles. The second-order valence-electron chi connectivity index (χ2n) is 6.98. The van der Waals surface area contributed by atoms with Gasteiger partial charge in [-0.25, -0.2) is 4.98 Å². The molecule has 0 saturated carbocycles. The number of rotatable bonds is 5. The van der Waals surface area contributed by atoms with Gasteiger partial charge in [0.2, 0.25) is 5.91 Å². The van der Waals surface area contributed by atoms with Crippen molar-refractivity contribution in [2.45, 2.75) is 26.3 Å². The lowest BCUT2D eigenvalue weighted by Gasteiger charge is -2.12. The maximum Gasteiger partial charge on any atom is 0.228 e. The first-order chi connectivity index (χ1) is 14.1. The Bertz CT molecular complexity index is 1010. The first kappa shape index (κ1) is 19.3. The van der Waals surface area contributed by atoms with Gasteiger partial charge in [0.15, 0.2) is 11.5 Å². The van der Waals surface area contributed by atoms with Crippen molar-refractivity contribution in [2.24, 2.45) is 0 Å². The average Bonchev–Trinajstić information content (AvgIpc) is 2.94. The Morgan fingerprint density at radius 3 is 2.72 bits per heavy atom. The average molecular weight is 412 g/mol. The van der Waals surface area contributed by atoms with Crippen LogP contribution in [0.2, 0.25) is 5.02 Å². The zero-order chi connectivity index (χ0) is 20.2. The van der Waals surface area contributed by atoms with Crippen LogP contribution in [0.4, 0.5) is 5.69 Å². The highest BCUT2D eigenvalue weighted by atomic mass is 35.5. The molecule has 3 aromatic rings. The Kier molecular flexibility index (Phi) is 5.71. The number of nitrogens with one attached hydrogen (secondary N) is 1. The molecule has 2 heterocycles. The highest BCUT2D eigenvalue weighted by Crippen LogP contribution is 2.38. The Morgan fingerprint density at radius 1 is 1.17 bits per heavy atom. The molecule has 6 nitrogen and oxygen atoms in total. The minimum absolute atomic E-state index is 0.117. The van der Waals surface area contributed by atoms with E-state index in [2.05, 4.69) is 14.9 Å². The van der Waals surface area contributed by atoms with E-state index in [4.69, 9.17) is 21.1 Å². The van der Waals surface area contributed by atoms with E-state index in [1.165, 1.54) is 0 Å². The molecule has 0 unspecified atom stereocenters. The SMILES string of the molecule is Cc1nccn1Cc1ccc(NC(=O)Cc2cc(Cl)c3c(c2)OCCCO3)cc1. The summed E-state index contributed by atoms with van der Waals surface area (Å²) in [6.07, 6.45) is 4.74. The number of carbonyl (C=O) groups excluding carboxylic acids is 1. The van der Waals surface area contributed by atoms with E-state index in [-0.39, 0.29) is 12.3 Å². The zero-order valence-electron chi connectivity index (χ0n) is 16.2. The van der Waals surface area contributed by atoms with Crippen molar-refractivity contribution in [3.8, 4) is 11.5 Å². The second-order valence-corrected chi connectivity index (χ2v) is 7.39. The third-order valence-corrected chi connectivity index (χ3v) is 5.02. The number of nitrogens with zero attached hydrogens (tertiary/aromatic N) is 2. The van der Waals surface area contributed by atoms with Crippen molar-refractivity contribution in [1.82, 2.24) is 9.55 Å². The van der Waals surface area contributed by atoms with E-state index >= 15 is 0 Å². The molecule has 0 fully saturated rings. The van der Waals surface area contributed by atoms with Gasteiger partial charge in [-0.2, -0.15) is 0 Å². The molecule has 150 valence electrons. The van der Waals surface area contributed by atoms with Gasteiger partial charge in [-0.1, -0.05) is 23.7 Å². The van der Waals surface area contributed by atoms with Crippen LogP contribution in [0.5, 0.6) is 11.5 Å². The number of aryl methyl sites for hydroxylation is 1. The molecule has 29 heavy (non-hydrogen) atoms. The maximum absolute atomic E-state index is 12.5. The summed E-state index contributed by atoms with van der Waals surface area (Å²) in [4.78, 5) is 16.7. The van der Waals surface area contributed by atoms with Gasteiger partial charge in [0, 0.05) is 31.0 Å². The lowest BCUT2D eigenvalue weighted by atomic mass is 10.1. The van der Waals surface area contributed by atoms with E-state index in [1.807, 2.05) is 43.5 Å². The second kappa shape index (κ2) is 8.57. The lowest BCUT2D eigenvalue weighted by molar-refractivity contribution is -0.115. The highest BCUT2D eigenvalue weighted by Gasteiger charge is 2.17. The Balaban J connectivity index is 1.39. The molecular formula is C22H22ClN3O3. The first-order valence-corrected chi connectivity index (χ1v) is 9.91. The van der Waals surface area contributed by atoms with Gasteiger partial charge in [-0.15, -0.1) is 0 Å². The van der Waals surface area contributed by atoms with Crippen molar-refractivity contribution in [3.05, 3.63) is 70.8 Å². The summed E-state index contributed by atoms with van der Waals surface area (Å²) in [6, 6.07) is 11.4. The van der Waals surface area contributed by atoms with E-state index in [1.54, 1.807) is 12.3 Å². The molecule has 1 amide bonds. The van der Waals surface area contributed by atoms with E-state index in [0.29, 0.717) is 29.7 Å². The van der Waals surface area contributed by atoms with Crippen LogP contribution < -0.4 is 14.8 Å². The van der Waals surface area contributed by atoms with Crippen LogP contribution in [0.15, 0.2) is 48.8 Å². The number of hydrogen-bond donors (Lipinski definition) is 1. The fourth-order valence-corrected chi connectivity index (χ4v) is 3.53. The fourth-order valence-electron chi connectivity index (χ4n) is 3.24. The number of benzene rings is 2. The molecule has 0 radical (unpaired) electrons. The topological polar surface area (TPSA) is 65.4 Å². The smallest absolute Gasteiger partial charge is 0.228 e. The summed E-state index contributed by atoms with van der Waals surface area (Å²) < 4.78 is 13.4. The van der Waals surface area contributed by atoms with Crippen LogP contribution in [-0.2, 0) is 17.8 Å². The first-order valence-electron chi connectivity index (χ1n) is 9.53. The van der Waals surface area contributed by atoms with Crippen molar-refractivity contribution in [2.75, 3.05) is 18.5 Å². The van der Waals surface area contributed by atoms with Crippen LogP contribution in [0.1, 0.15) is 23.4 Å². The summed E-state index contributed by atoms with van der Waals surface area (Å²) in [7, 11) is 0. The molecular weight excluding hydrogens is 390 g/mol. The molecule has 7 heteroatoms. The number of imidazole rings is 1. The number of fused-ring (bicyclic) bond motifs is 1. The summed E-state index contributed by atoms with van der Waals surface area (Å²) >= 11 is 6.31.